The SMILES string of the molecule is Cn1c2ccccc2c(=O)c2c(=O)n(-c3ccccc3)c(C3CCC3)nc21. The minimum Gasteiger partial charge on any atom is -0.328 e. The van der Waals surface area contributed by atoms with Gasteiger partial charge in [0, 0.05) is 18.4 Å². The van der Waals surface area contributed by atoms with Crippen molar-refractivity contribution in [2.45, 2.75) is 25.2 Å². The second-order valence-electron chi connectivity index (χ2n) is 7.18. The van der Waals surface area contributed by atoms with Gasteiger partial charge in [0.15, 0.2) is 5.65 Å². The third-order valence-corrected chi connectivity index (χ3v) is 5.63. The van der Waals surface area contributed by atoms with Gasteiger partial charge in [-0.1, -0.05) is 36.8 Å². The van der Waals surface area contributed by atoms with Crippen LogP contribution in [0.4, 0.5) is 0 Å². The number of fused-ring (bicyclic) bond motifs is 2. The summed E-state index contributed by atoms with van der Waals surface area (Å²) in [4.78, 5) is 31.5. The number of rotatable bonds is 2. The quantitative estimate of drug-likeness (QED) is 0.516. The first-order valence-corrected chi connectivity index (χ1v) is 9.26. The molecule has 0 amide bonds. The average Bonchev–Trinajstić information content (AvgIpc) is 2.65. The summed E-state index contributed by atoms with van der Waals surface area (Å²) in [5.41, 5.74) is 1.49. The van der Waals surface area contributed by atoms with Crippen molar-refractivity contribution in [3.63, 3.8) is 0 Å². The van der Waals surface area contributed by atoms with Gasteiger partial charge in [0.1, 0.15) is 11.2 Å². The van der Waals surface area contributed by atoms with Crippen LogP contribution in [0.25, 0.3) is 27.6 Å². The first-order valence-electron chi connectivity index (χ1n) is 9.26. The Bertz CT molecular complexity index is 1300. The highest BCUT2D eigenvalue weighted by atomic mass is 16.1. The summed E-state index contributed by atoms with van der Waals surface area (Å²) in [6.07, 6.45) is 3.18. The van der Waals surface area contributed by atoms with Crippen molar-refractivity contribution >= 4 is 21.9 Å². The van der Waals surface area contributed by atoms with Crippen molar-refractivity contribution in [3.05, 3.63) is 81.0 Å². The second kappa shape index (κ2) is 5.91. The molecular formula is C22H19N3O2. The minimum absolute atomic E-state index is 0.156. The zero-order chi connectivity index (χ0) is 18.5. The molecule has 0 bridgehead atoms. The summed E-state index contributed by atoms with van der Waals surface area (Å²) >= 11 is 0. The molecule has 4 aromatic rings. The Morgan fingerprint density at radius 3 is 2.37 bits per heavy atom. The maximum atomic E-state index is 13.5. The third-order valence-electron chi connectivity index (χ3n) is 5.63. The van der Waals surface area contributed by atoms with Crippen LogP contribution in [0.3, 0.4) is 0 Å². The van der Waals surface area contributed by atoms with Crippen molar-refractivity contribution in [2.75, 3.05) is 0 Å². The fourth-order valence-electron chi connectivity index (χ4n) is 3.94. The van der Waals surface area contributed by atoms with E-state index in [2.05, 4.69) is 0 Å². The number of benzene rings is 2. The zero-order valence-electron chi connectivity index (χ0n) is 15.1. The molecular weight excluding hydrogens is 338 g/mol. The molecule has 0 N–H and O–H groups in total. The van der Waals surface area contributed by atoms with E-state index in [1.54, 1.807) is 10.6 Å². The molecule has 5 nitrogen and oxygen atoms in total. The highest BCUT2D eigenvalue weighted by Gasteiger charge is 2.27. The van der Waals surface area contributed by atoms with Crippen LogP contribution in [0.1, 0.15) is 31.0 Å². The molecule has 0 atom stereocenters. The van der Waals surface area contributed by atoms with E-state index in [1.165, 1.54) is 0 Å². The number of para-hydroxylation sites is 2. The summed E-state index contributed by atoms with van der Waals surface area (Å²) in [7, 11) is 1.87. The summed E-state index contributed by atoms with van der Waals surface area (Å²) in [5.74, 6) is 1.01. The van der Waals surface area contributed by atoms with Gasteiger partial charge in [-0.2, -0.15) is 0 Å². The molecule has 0 spiro atoms. The van der Waals surface area contributed by atoms with Gasteiger partial charge in [-0.05, 0) is 37.1 Å². The van der Waals surface area contributed by atoms with Gasteiger partial charge in [-0.3, -0.25) is 14.2 Å². The summed E-state index contributed by atoms with van der Waals surface area (Å²) in [6.45, 7) is 0. The lowest BCUT2D eigenvalue weighted by Crippen LogP contribution is -2.32. The molecule has 5 heteroatoms. The molecule has 1 aliphatic rings. The van der Waals surface area contributed by atoms with E-state index >= 15 is 0 Å². The number of hydrogen-bond acceptors (Lipinski definition) is 3. The standard InChI is InChI=1S/C22H19N3O2/c1-24-17-13-6-5-12-16(17)19(26)18-21(24)23-20(14-8-7-9-14)25(22(18)27)15-10-3-2-4-11-15/h2-6,10-14H,7-9H2,1H3. The Kier molecular flexibility index (Phi) is 3.50. The van der Waals surface area contributed by atoms with Crippen LogP contribution in [0, 0.1) is 0 Å². The molecule has 5 rings (SSSR count). The van der Waals surface area contributed by atoms with Crippen LogP contribution in [-0.2, 0) is 7.05 Å². The molecule has 0 unspecified atom stereocenters. The van der Waals surface area contributed by atoms with E-state index in [0.717, 1.165) is 36.3 Å². The Balaban J connectivity index is 1.99. The van der Waals surface area contributed by atoms with Crippen LogP contribution < -0.4 is 11.0 Å². The molecule has 0 aliphatic heterocycles. The van der Waals surface area contributed by atoms with Crippen LogP contribution in [0.2, 0.25) is 0 Å². The van der Waals surface area contributed by atoms with Crippen LogP contribution in [0.5, 0.6) is 0 Å². The largest absolute Gasteiger partial charge is 0.328 e. The molecule has 1 aliphatic carbocycles. The first kappa shape index (κ1) is 16.0. The van der Waals surface area contributed by atoms with Crippen molar-refractivity contribution < 1.29 is 0 Å². The van der Waals surface area contributed by atoms with E-state index in [-0.39, 0.29) is 22.3 Å². The van der Waals surface area contributed by atoms with Gasteiger partial charge in [0.05, 0.1) is 11.2 Å². The zero-order valence-corrected chi connectivity index (χ0v) is 15.1. The Morgan fingerprint density at radius 2 is 1.67 bits per heavy atom. The molecule has 2 heterocycles. The molecule has 134 valence electrons. The smallest absolute Gasteiger partial charge is 0.271 e. The maximum absolute atomic E-state index is 13.5. The number of nitrogens with zero attached hydrogens (tertiary/aromatic N) is 3. The third kappa shape index (κ3) is 2.28. The Morgan fingerprint density at radius 1 is 0.963 bits per heavy atom. The van der Waals surface area contributed by atoms with Crippen molar-refractivity contribution in [1.29, 1.82) is 0 Å². The van der Waals surface area contributed by atoms with Crippen LogP contribution in [-0.4, -0.2) is 14.1 Å². The number of pyridine rings is 1. The van der Waals surface area contributed by atoms with Crippen molar-refractivity contribution in [1.82, 2.24) is 14.1 Å². The van der Waals surface area contributed by atoms with E-state index in [1.807, 2.05) is 60.1 Å². The fraction of sp³-hybridized carbons (Fsp3) is 0.227. The Hall–Kier alpha value is -3.21. The highest BCUT2D eigenvalue weighted by molar-refractivity contribution is 5.91. The molecule has 2 aromatic carbocycles. The predicted molar refractivity (Wildman–Crippen MR) is 107 cm³/mol. The van der Waals surface area contributed by atoms with Gasteiger partial charge in [-0.25, -0.2) is 4.98 Å². The molecule has 2 aromatic heterocycles. The van der Waals surface area contributed by atoms with Gasteiger partial charge in [0.2, 0.25) is 5.43 Å². The van der Waals surface area contributed by atoms with Crippen molar-refractivity contribution in [2.24, 2.45) is 7.05 Å². The monoisotopic (exact) mass is 357 g/mol. The second-order valence-corrected chi connectivity index (χ2v) is 7.18. The van der Waals surface area contributed by atoms with Crippen LogP contribution in [0.15, 0.2) is 64.2 Å². The van der Waals surface area contributed by atoms with E-state index in [0.29, 0.717) is 11.0 Å². The first-order chi connectivity index (χ1) is 13.2. The summed E-state index contributed by atoms with van der Waals surface area (Å²) in [5, 5.41) is 0.700. The average molecular weight is 357 g/mol. The van der Waals surface area contributed by atoms with E-state index in [9.17, 15) is 9.59 Å². The van der Waals surface area contributed by atoms with Crippen LogP contribution >= 0.6 is 0 Å². The van der Waals surface area contributed by atoms with E-state index < -0.39 is 0 Å². The number of hydrogen-bond donors (Lipinski definition) is 0. The molecule has 27 heavy (non-hydrogen) atoms. The lowest BCUT2D eigenvalue weighted by molar-refractivity contribution is 0.394. The van der Waals surface area contributed by atoms with Gasteiger partial charge in [-0.15, -0.1) is 0 Å². The molecule has 0 radical (unpaired) electrons. The fourth-order valence-corrected chi connectivity index (χ4v) is 3.94. The highest BCUT2D eigenvalue weighted by Crippen LogP contribution is 2.36. The van der Waals surface area contributed by atoms with Gasteiger partial charge < -0.3 is 4.57 Å². The van der Waals surface area contributed by atoms with Gasteiger partial charge in [0.25, 0.3) is 5.56 Å². The number of aryl methyl sites for hydroxylation is 1. The lowest BCUT2D eigenvalue weighted by atomic mass is 9.84. The van der Waals surface area contributed by atoms with E-state index in [4.69, 9.17) is 4.98 Å². The number of aromatic nitrogens is 3. The normalized spacial score (nSPS) is 14.6. The maximum Gasteiger partial charge on any atom is 0.271 e. The minimum atomic E-state index is -0.278. The summed E-state index contributed by atoms with van der Waals surface area (Å²) < 4.78 is 3.51. The lowest BCUT2D eigenvalue weighted by Gasteiger charge is -2.28. The predicted octanol–water partition coefficient (Wildman–Crippen LogP) is 3.51. The topological polar surface area (TPSA) is 56.9 Å². The summed E-state index contributed by atoms with van der Waals surface area (Å²) in [6, 6.07) is 16.9. The molecule has 1 saturated carbocycles. The molecule has 1 fully saturated rings. The van der Waals surface area contributed by atoms with Crippen molar-refractivity contribution in [3.8, 4) is 5.69 Å². The Labute approximate surface area is 155 Å². The molecule has 0 saturated heterocycles. The van der Waals surface area contributed by atoms with Gasteiger partial charge >= 0.3 is 0 Å².